The van der Waals surface area contributed by atoms with E-state index in [0.717, 1.165) is 32.4 Å². The van der Waals surface area contributed by atoms with E-state index >= 15 is 0 Å². The van der Waals surface area contributed by atoms with Gasteiger partial charge in [0, 0.05) is 21.4 Å². The van der Waals surface area contributed by atoms with E-state index in [2.05, 4.69) is 20.9 Å². The molecule has 0 saturated carbocycles. The first kappa shape index (κ1) is 13.0. The maximum atomic E-state index is 5.87. The van der Waals surface area contributed by atoms with Crippen molar-refractivity contribution < 1.29 is 4.42 Å². The van der Waals surface area contributed by atoms with Crippen LogP contribution in [0.2, 0.25) is 0 Å². The van der Waals surface area contributed by atoms with E-state index in [1.54, 1.807) is 6.07 Å². The Kier molecular flexibility index (Phi) is 2.94. The van der Waals surface area contributed by atoms with Gasteiger partial charge in [-0.05, 0) is 65.2 Å². The summed E-state index contributed by atoms with van der Waals surface area (Å²) in [6.45, 7) is 4.00. The third-order valence-corrected chi connectivity index (χ3v) is 3.96. The summed E-state index contributed by atoms with van der Waals surface area (Å²) in [5, 5.41) is 0. The van der Waals surface area contributed by atoms with E-state index in [1.807, 2.05) is 32.0 Å². The molecule has 4 nitrogen and oxygen atoms in total. The Morgan fingerprint density at radius 1 is 1.05 bits per heavy atom. The molecule has 3 rings (SSSR count). The van der Waals surface area contributed by atoms with Gasteiger partial charge in [-0.1, -0.05) is 0 Å². The molecule has 0 aliphatic rings. The van der Waals surface area contributed by atoms with Gasteiger partial charge in [0.15, 0.2) is 5.58 Å². The lowest BCUT2D eigenvalue weighted by molar-refractivity contribution is 0.618. The average Bonchev–Trinajstić information content (AvgIpc) is 2.70. The molecule has 1 heterocycles. The largest absolute Gasteiger partial charge is 0.436 e. The van der Waals surface area contributed by atoms with Crippen LogP contribution in [0, 0.1) is 13.8 Å². The highest BCUT2D eigenvalue weighted by atomic mass is 79.9. The minimum Gasteiger partial charge on any atom is -0.436 e. The van der Waals surface area contributed by atoms with Gasteiger partial charge in [-0.15, -0.1) is 0 Å². The van der Waals surface area contributed by atoms with Gasteiger partial charge in [0.2, 0.25) is 5.89 Å². The first-order chi connectivity index (χ1) is 9.45. The molecule has 0 aliphatic heterocycles. The SMILES string of the molecule is Cc1cc(N)cc(C)c1-c1nc2cc(N)c(Br)cc2o1. The number of hydrogen-bond donors (Lipinski definition) is 2. The minimum atomic E-state index is 0.590. The Morgan fingerprint density at radius 3 is 2.35 bits per heavy atom. The summed E-state index contributed by atoms with van der Waals surface area (Å²) in [5.74, 6) is 0.590. The highest BCUT2D eigenvalue weighted by Crippen LogP contribution is 2.33. The molecule has 5 heteroatoms. The molecule has 0 bridgehead atoms. The van der Waals surface area contributed by atoms with E-state index in [4.69, 9.17) is 15.9 Å². The van der Waals surface area contributed by atoms with Crippen molar-refractivity contribution in [2.75, 3.05) is 11.5 Å². The Balaban J connectivity index is 2.25. The van der Waals surface area contributed by atoms with Crippen LogP contribution in [0.3, 0.4) is 0 Å². The van der Waals surface area contributed by atoms with Crippen LogP contribution >= 0.6 is 15.9 Å². The molecule has 0 spiro atoms. The second-order valence-electron chi connectivity index (χ2n) is 4.89. The summed E-state index contributed by atoms with van der Waals surface area (Å²) in [7, 11) is 0. The van der Waals surface area contributed by atoms with E-state index in [0.29, 0.717) is 17.2 Å². The van der Waals surface area contributed by atoms with Crippen LogP contribution in [0.5, 0.6) is 0 Å². The van der Waals surface area contributed by atoms with Crippen molar-refractivity contribution in [1.29, 1.82) is 0 Å². The van der Waals surface area contributed by atoms with Crippen LogP contribution in [0.25, 0.3) is 22.6 Å². The molecular weight excluding hydrogens is 318 g/mol. The lowest BCUT2D eigenvalue weighted by atomic mass is 10.0. The summed E-state index contributed by atoms with van der Waals surface area (Å²) < 4.78 is 6.66. The maximum Gasteiger partial charge on any atom is 0.227 e. The lowest BCUT2D eigenvalue weighted by Gasteiger charge is -2.07. The standard InChI is InChI=1S/C15H14BrN3O/c1-7-3-9(17)4-8(2)14(7)15-19-12-6-11(18)10(16)5-13(12)20-15/h3-6H,17-18H2,1-2H3. The van der Waals surface area contributed by atoms with Gasteiger partial charge in [-0.3, -0.25) is 0 Å². The summed E-state index contributed by atoms with van der Waals surface area (Å²) in [6, 6.07) is 7.47. The van der Waals surface area contributed by atoms with Crippen molar-refractivity contribution >= 4 is 38.4 Å². The normalized spacial score (nSPS) is 11.2. The van der Waals surface area contributed by atoms with Crippen molar-refractivity contribution in [2.45, 2.75) is 13.8 Å². The van der Waals surface area contributed by atoms with Crippen LogP contribution in [-0.4, -0.2) is 4.98 Å². The fourth-order valence-corrected chi connectivity index (χ4v) is 2.73. The van der Waals surface area contributed by atoms with Gasteiger partial charge in [0.1, 0.15) is 5.52 Å². The first-order valence-corrected chi connectivity index (χ1v) is 6.97. The van der Waals surface area contributed by atoms with Crippen LogP contribution in [-0.2, 0) is 0 Å². The van der Waals surface area contributed by atoms with Gasteiger partial charge in [-0.25, -0.2) is 4.98 Å². The summed E-state index contributed by atoms with van der Waals surface area (Å²) >= 11 is 3.39. The second-order valence-corrected chi connectivity index (χ2v) is 5.74. The monoisotopic (exact) mass is 331 g/mol. The highest BCUT2D eigenvalue weighted by molar-refractivity contribution is 9.10. The van der Waals surface area contributed by atoms with Gasteiger partial charge in [0.25, 0.3) is 0 Å². The molecule has 1 aromatic heterocycles. The van der Waals surface area contributed by atoms with Crippen LogP contribution in [0.15, 0.2) is 33.2 Å². The summed E-state index contributed by atoms with van der Waals surface area (Å²) in [5.41, 5.74) is 17.6. The number of benzene rings is 2. The molecule has 20 heavy (non-hydrogen) atoms. The number of hydrogen-bond acceptors (Lipinski definition) is 4. The molecule has 0 amide bonds. The van der Waals surface area contributed by atoms with Gasteiger partial charge >= 0.3 is 0 Å². The van der Waals surface area contributed by atoms with Gasteiger partial charge in [0.05, 0.1) is 0 Å². The fourth-order valence-electron chi connectivity index (χ4n) is 2.41. The number of nitrogens with two attached hydrogens (primary N) is 2. The van der Waals surface area contributed by atoms with Crippen molar-refractivity contribution in [3.63, 3.8) is 0 Å². The molecule has 102 valence electrons. The van der Waals surface area contributed by atoms with E-state index in [1.165, 1.54) is 0 Å². The summed E-state index contributed by atoms with van der Waals surface area (Å²) in [4.78, 5) is 4.53. The predicted molar refractivity (Wildman–Crippen MR) is 85.4 cm³/mol. The Bertz CT molecular complexity index is 761. The van der Waals surface area contributed by atoms with E-state index in [9.17, 15) is 0 Å². The molecule has 2 aromatic carbocycles. The van der Waals surface area contributed by atoms with E-state index in [-0.39, 0.29) is 0 Å². The van der Waals surface area contributed by atoms with Gasteiger partial charge in [-0.2, -0.15) is 0 Å². The molecule has 0 saturated heterocycles. The Morgan fingerprint density at radius 2 is 1.70 bits per heavy atom. The van der Waals surface area contributed by atoms with Crippen molar-refractivity contribution in [2.24, 2.45) is 0 Å². The third kappa shape index (κ3) is 2.04. The lowest BCUT2D eigenvalue weighted by Crippen LogP contribution is -1.92. The van der Waals surface area contributed by atoms with Crippen molar-refractivity contribution in [3.05, 3.63) is 39.9 Å². The number of anilines is 2. The number of nitrogen functional groups attached to an aromatic ring is 2. The van der Waals surface area contributed by atoms with Crippen molar-refractivity contribution in [3.8, 4) is 11.5 Å². The molecule has 0 unspecified atom stereocenters. The topological polar surface area (TPSA) is 78.1 Å². The zero-order valence-corrected chi connectivity index (χ0v) is 12.8. The predicted octanol–water partition coefficient (Wildman–Crippen LogP) is 4.04. The number of nitrogens with zero attached hydrogens (tertiary/aromatic N) is 1. The van der Waals surface area contributed by atoms with Crippen LogP contribution < -0.4 is 11.5 Å². The third-order valence-electron chi connectivity index (χ3n) is 3.28. The molecule has 4 N–H and O–H groups in total. The van der Waals surface area contributed by atoms with E-state index < -0.39 is 0 Å². The maximum absolute atomic E-state index is 5.87. The second kappa shape index (κ2) is 4.52. The number of aryl methyl sites for hydroxylation is 2. The molecule has 0 fully saturated rings. The van der Waals surface area contributed by atoms with Crippen LogP contribution in [0.1, 0.15) is 11.1 Å². The van der Waals surface area contributed by atoms with Crippen molar-refractivity contribution in [1.82, 2.24) is 4.98 Å². The molecule has 0 radical (unpaired) electrons. The number of aromatic nitrogens is 1. The smallest absolute Gasteiger partial charge is 0.227 e. The number of halogens is 1. The number of oxazole rings is 1. The summed E-state index contributed by atoms with van der Waals surface area (Å²) in [6.07, 6.45) is 0. The number of fused-ring (bicyclic) bond motifs is 1. The minimum absolute atomic E-state index is 0.590. The zero-order valence-electron chi connectivity index (χ0n) is 11.2. The molecule has 0 aliphatic carbocycles. The quantitative estimate of drug-likeness (QED) is 0.659. The molecular formula is C15H14BrN3O. The molecule has 3 aromatic rings. The Hall–Kier alpha value is -2.01. The van der Waals surface area contributed by atoms with Crippen LogP contribution in [0.4, 0.5) is 11.4 Å². The number of rotatable bonds is 1. The average molecular weight is 332 g/mol. The zero-order chi connectivity index (χ0) is 14.4. The Labute approximate surface area is 124 Å². The first-order valence-electron chi connectivity index (χ1n) is 6.18. The molecule has 0 atom stereocenters. The van der Waals surface area contributed by atoms with Gasteiger partial charge < -0.3 is 15.9 Å². The highest BCUT2D eigenvalue weighted by Gasteiger charge is 2.14. The fraction of sp³-hybridized carbons (Fsp3) is 0.133.